The first-order valence-corrected chi connectivity index (χ1v) is 13.0. The second kappa shape index (κ2) is 10.9. The molecule has 0 amide bonds. The Balaban J connectivity index is 2.07. The summed E-state index contributed by atoms with van der Waals surface area (Å²) in [6.07, 6.45) is 0.655. The lowest BCUT2D eigenvalue weighted by molar-refractivity contribution is 0.0712. The molecule has 6 heteroatoms. The molecule has 3 aromatic rings. The van der Waals surface area contributed by atoms with E-state index in [1.54, 1.807) is 6.92 Å². The lowest BCUT2D eigenvalue weighted by atomic mass is 10.1. The van der Waals surface area contributed by atoms with Gasteiger partial charge in [0.25, 0.3) is 0 Å². The predicted octanol–water partition coefficient (Wildman–Crippen LogP) is 5.48. The summed E-state index contributed by atoms with van der Waals surface area (Å²) in [5, 5.41) is 0.998. The summed E-state index contributed by atoms with van der Waals surface area (Å²) in [7, 11) is -2.82. The zero-order chi connectivity index (χ0) is 22.3. The van der Waals surface area contributed by atoms with E-state index in [0.717, 1.165) is 22.2 Å². The second-order valence-electron chi connectivity index (χ2n) is 7.45. The van der Waals surface area contributed by atoms with E-state index in [-0.39, 0.29) is 5.78 Å². The molecule has 0 radical (unpaired) electrons. The van der Waals surface area contributed by atoms with E-state index in [2.05, 4.69) is 22.8 Å². The standard InChI is InChI=1S/C25H33NO4Si/c1-5-28-31(29-6-2,30-7-3)18-17-24-25(20(4)27)22-15-11-12-16-23(22)26(24)19-21-13-9-8-10-14-21/h8-16H,5-7,17-19H2,1-4H3. The number of rotatable bonds is 12. The minimum atomic E-state index is -2.82. The molecule has 0 saturated carbocycles. The van der Waals surface area contributed by atoms with E-state index in [9.17, 15) is 4.79 Å². The van der Waals surface area contributed by atoms with Crippen LogP contribution in [0.2, 0.25) is 6.04 Å². The van der Waals surface area contributed by atoms with E-state index in [1.807, 2.05) is 57.2 Å². The molecular weight excluding hydrogens is 406 g/mol. The first-order chi connectivity index (χ1) is 15.0. The maximum atomic E-state index is 12.8. The van der Waals surface area contributed by atoms with Gasteiger partial charge in [0.2, 0.25) is 0 Å². The van der Waals surface area contributed by atoms with Crippen LogP contribution in [0.15, 0.2) is 54.6 Å². The molecule has 1 heterocycles. The number of carbonyl (C=O) groups is 1. The van der Waals surface area contributed by atoms with E-state index in [4.69, 9.17) is 13.3 Å². The van der Waals surface area contributed by atoms with Gasteiger partial charge in [-0.2, -0.15) is 0 Å². The average Bonchev–Trinajstić information content (AvgIpc) is 3.07. The highest BCUT2D eigenvalue weighted by atomic mass is 28.4. The Labute approximate surface area is 186 Å². The molecular formula is C25H33NO4Si. The maximum Gasteiger partial charge on any atom is 0.501 e. The van der Waals surface area contributed by atoms with Gasteiger partial charge in [-0.05, 0) is 45.7 Å². The van der Waals surface area contributed by atoms with Gasteiger partial charge in [-0.25, -0.2) is 0 Å². The molecule has 0 N–H and O–H groups in total. The quantitative estimate of drug-likeness (QED) is 0.277. The minimum Gasteiger partial charge on any atom is -0.374 e. The summed E-state index contributed by atoms with van der Waals surface area (Å²) in [6.45, 7) is 9.87. The van der Waals surface area contributed by atoms with Gasteiger partial charge in [0, 0.05) is 54.6 Å². The zero-order valence-electron chi connectivity index (χ0n) is 19.0. The van der Waals surface area contributed by atoms with Crippen molar-refractivity contribution in [1.82, 2.24) is 4.57 Å². The number of fused-ring (bicyclic) bond motifs is 1. The van der Waals surface area contributed by atoms with Crippen molar-refractivity contribution in [2.45, 2.75) is 46.7 Å². The SMILES string of the molecule is CCO[Si](CCc1c(C(C)=O)c2ccccc2n1Cc1ccccc1)(OCC)OCC. The van der Waals surface area contributed by atoms with Crippen molar-refractivity contribution in [1.29, 1.82) is 0 Å². The van der Waals surface area contributed by atoms with Crippen LogP contribution in [-0.4, -0.2) is 39.0 Å². The highest BCUT2D eigenvalue weighted by molar-refractivity contribution is 6.60. The number of Topliss-reactive ketones (excluding diaryl/α,β-unsaturated/α-hetero) is 1. The van der Waals surface area contributed by atoms with Gasteiger partial charge < -0.3 is 17.8 Å². The largest absolute Gasteiger partial charge is 0.501 e. The fourth-order valence-corrected chi connectivity index (χ4v) is 6.77. The Bertz CT molecular complexity index is 982. The number of nitrogens with zero attached hydrogens (tertiary/aromatic N) is 1. The number of aromatic nitrogens is 1. The first-order valence-electron chi connectivity index (χ1n) is 11.1. The Morgan fingerprint density at radius 3 is 2.03 bits per heavy atom. The van der Waals surface area contributed by atoms with E-state index in [0.29, 0.717) is 38.8 Å². The van der Waals surface area contributed by atoms with Crippen LogP contribution in [-0.2, 0) is 26.2 Å². The fourth-order valence-electron chi connectivity index (χ4n) is 4.23. The summed E-state index contributed by atoms with van der Waals surface area (Å²) in [6, 6.07) is 19.1. The van der Waals surface area contributed by atoms with Crippen LogP contribution >= 0.6 is 0 Å². The molecule has 0 unspecified atom stereocenters. The van der Waals surface area contributed by atoms with Crippen LogP contribution in [0.3, 0.4) is 0 Å². The monoisotopic (exact) mass is 439 g/mol. The van der Waals surface area contributed by atoms with Crippen LogP contribution in [0.25, 0.3) is 10.9 Å². The van der Waals surface area contributed by atoms with Crippen LogP contribution in [0.5, 0.6) is 0 Å². The molecule has 0 aliphatic heterocycles. The summed E-state index contributed by atoms with van der Waals surface area (Å²) < 4.78 is 20.5. The van der Waals surface area contributed by atoms with Gasteiger partial charge in [0.15, 0.2) is 5.78 Å². The number of hydrogen-bond donors (Lipinski definition) is 0. The molecule has 0 atom stereocenters. The van der Waals surface area contributed by atoms with E-state index < -0.39 is 8.80 Å². The summed E-state index contributed by atoms with van der Waals surface area (Å²) in [5.74, 6) is 0.0782. The third-order valence-electron chi connectivity index (χ3n) is 5.37. The predicted molar refractivity (Wildman–Crippen MR) is 127 cm³/mol. The van der Waals surface area contributed by atoms with Crippen molar-refractivity contribution in [3.63, 3.8) is 0 Å². The lowest BCUT2D eigenvalue weighted by Gasteiger charge is -2.28. The first kappa shape index (κ1) is 23.4. The number of para-hydroxylation sites is 1. The number of carbonyl (C=O) groups excluding carboxylic acids is 1. The number of benzene rings is 2. The van der Waals surface area contributed by atoms with E-state index >= 15 is 0 Å². The molecule has 0 spiro atoms. The Morgan fingerprint density at radius 1 is 0.871 bits per heavy atom. The number of ketones is 1. The average molecular weight is 440 g/mol. The van der Waals surface area contributed by atoms with Gasteiger partial charge in [-0.3, -0.25) is 4.79 Å². The normalized spacial score (nSPS) is 11.9. The van der Waals surface area contributed by atoms with Crippen LogP contribution in [0, 0.1) is 0 Å². The van der Waals surface area contributed by atoms with Crippen molar-refractivity contribution >= 4 is 25.5 Å². The van der Waals surface area contributed by atoms with Gasteiger partial charge >= 0.3 is 8.80 Å². The third-order valence-corrected chi connectivity index (χ3v) is 8.42. The third kappa shape index (κ3) is 5.33. The van der Waals surface area contributed by atoms with Crippen molar-refractivity contribution in [2.75, 3.05) is 19.8 Å². The Hall–Kier alpha value is -2.25. The van der Waals surface area contributed by atoms with Crippen LogP contribution in [0.4, 0.5) is 0 Å². The van der Waals surface area contributed by atoms with Crippen molar-refractivity contribution < 1.29 is 18.1 Å². The van der Waals surface area contributed by atoms with Crippen molar-refractivity contribution in [3.8, 4) is 0 Å². The smallest absolute Gasteiger partial charge is 0.374 e. The molecule has 0 aliphatic rings. The summed E-state index contributed by atoms with van der Waals surface area (Å²) in [4.78, 5) is 12.8. The molecule has 0 saturated heterocycles. The molecule has 5 nitrogen and oxygen atoms in total. The van der Waals surface area contributed by atoms with Crippen LogP contribution in [0.1, 0.15) is 49.3 Å². The zero-order valence-corrected chi connectivity index (χ0v) is 20.0. The molecule has 1 aromatic heterocycles. The highest BCUT2D eigenvalue weighted by Gasteiger charge is 2.40. The molecule has 3 rings (SSSR count). The molecule has 2 aromatic carbocycles. The Morgan fingerprint density at radius 2 is 1.45 bits per heavy atom. The molecule has 0 bridgehead atoms. The minimum absolute atomic E-state index is 0.0782. The molecule has 31 heavy (non-hydrogen) atoms. The van der Waals surface area contributed by atoms with Gasteiger partial charge in [-0.1, -0.05) is 48.5 Å². The fraction of sp³-hybridized carbons (Fsp3) is 0.400. The Kier molecular flexibility index (Phi) is 8.20. The summed E-state index contributed by atoms with van der Waals surface area (Å²) in [5.41, 5.74) is 4.08. The van der Waals surface area contributed by atoms with E-state index in [1.165, 1.54) is 5.56 Å². The van der Waals surface area contributed by atoms with Gasteiger partial charge in [0.05, 0.1) is 0 Å². The summed E-state index contributed by atoms with van der Waals surface area (Å²) >= 11 is 0. The van der Waals surface area contributed by atoms with Gasteiger partial charge in [0.1, 0.15) is 0 Å². The van der Waals surface area contributed by atoms with Crippen LogP contribution < -0.4 is 0 Å². The lowest BCUT2D eigenvalue weighted by Crippen LogP contribution is -2.46. The highest BCUT2D eigenvalue weighted by Crippen LogP contribution is 2.31. The van der Waals surface area contributed by atoms with Gasteiger partial charge in [-0.15, -0.1) is 0 Å². The molecule has 166 valence electrons. The number of hydrogen-bond acceptors (Lipinski definition) is 4. The van der Waals surface area contributed by atoms with Crippen molar-refractivity contribution in [2.24, 2.45) is 0 Å². The molecule has 0 aliphatic carbocycles. The van der Waals surface area contributed by atoms with Crippen molar-refractivity contribution in [3.05, 3.63) is 71.4 Å². The second-order valence-corrected chi connectivity index (χ2v) is 10.2. The maximum absolute atomic E-state index is 12.8. The molecule has 0 fully saturated rings. The topological polar surface area (TPSA) is 49.7 Å².